The number of rotatable bonds is 37. The Kier molecular flexibility index (Phi) is 39.0. The molecule has 0 saturated carbocycles. The number of halogens is 1. The molecule has 0 N–H and O–H groups in total. The molecule has 0 aromatic heterocycles. The lowest BCUT2D eigenvalue weighted by Crippen LogP contribution is -3.00. The number of hydrogen-bond acceptors (Lipinski definition) is 1. The Labute approximate surface area is 294 Å². The van der Waals surface area contributed by atoms with Gasteiger partial charge in [-0.25, -0.2) is 0 Å². The predicted molar refractivity (Wildman–Crippen MR) is 203 cm³/mol. The van der Waals surface area contributed by atoms with Crippen molar-refractivity contribution < 1.29 is 16.9 Å². The first-order valence-corrected chi connectivity index (χ1v) is 21.0. The molecule has 0 aromatic rings. The van der Waals surface area contributed by atoms with Crippen LogP contribution >= 0.6 is 0 Å². The molecule has 0 radical (unpaired) electrons. The maximum atomic E-state index is 2.87. The Hall–Kier alpha value is 0.210. The standard InChI is InChI=1S/C42H89N2.ClH/c1-7-10-12-14-16-18-20-22-24-26-28-30-32-34-36-38-40-43(42(9-3)44(4,5)6)41-39-37-35-33-31-29-27-25-23-21-19-17-15-13-11-8-2;/h42H,7-41H2,1-6H3;1H/q+1;/p-1. The van der Waals surface area contributed by atoms with Gasteiger partial charge in [-0.1, -0.05) is 213 Å². The van der Waals surface area contributed by atoms with Crippen LogP contribution in [0.3, 0.4) is 0 Å². The summed E-state index contributed by atoms with van der Waals surface area (Å²) in [5, 5.41) is 0. The molecule has 45 heavy (non-hydrogen) atoms. The molecule has 1 atom stereocenters. The van der Waals surface area contributed by atoms with Crippen molar-refractivity contribution in [3.8, 4) is 0 Å². The molecule has 0 bridgehead atoms. The average Bonchev–Trinajstić information content (AvgIpc) is 2.99. The molecule has 0 amide bonds. The van der Waals surface area contributed by atoms with Gasteiger partial charge in [-0.05, 0) is 12.8 Å². The molecule has 3 heteroatoms. The zero-order valence-corrected chi connectivity index (χ0v) is 33.4. The number of nitrogens with zero attached hydrogens (tertiary/aromatic N) is 2. The van der Waals surface area contributed by atoms with E-state index in [9.17, 15) is 0 Å². The van der Waals surface area contributed by atoms with Crippen LogP contribution in [0, 0.1) is 0 Å². The Bertz CT molecular complexity index is 495. The fraction of sp³-hybridized carbons (Fsp3) is 1.00. The van der Waals surface area contributed by atoms with E-state index in [4.69, 9.17) is 0 Å². The third-order valence-corrected chi connectivity index (χ3v) is 10.3. The lowest BCUT2D eigenvalue weighted by atomic mass is 10.0. The van der Waals surface area contributed by atoms with E-state index in [-0.39, 0.29) is 12.4 Å². The molecule has 0 aliphatic heterocycles. The topological polar surface area (TPSA) is 3.24 Å². The minimum absolute atomic E-state index is 0. The predicted octanol–water partition coefficient (Wildman–Crippen LogP) is 11.3. The van der Waals surface area contributed by atoms with Crippen molar-refractivity contribution in [1.82, 2.24) is 4.90 Å². The van der Waals surface area contributed by atoms with Gasteiger partial charge in [0.2, 0.25) is 0 Å². The SMILES string of the molecule is CCCCCCCCCCCCCCCCCCN(CCCCCCCCCCCCCCCCCC)C(CC)[N+](C)(C)C.[Cl-]. The van der Waals surface area contributed by atoms with E-state index < -0.39 is 0 Å². The maximum Gasteiger partial charge on any atom is 0.144 e. The summed E-state index contributed by atoms with van der Waals surface area (Å²) in [6.07, 6.45) is 48.5. The van der Waals surface area contributed by atoms with Crippen LogP contribution < -0.4 is 12.4 Å². The van der Waals surface area contributed by atoms with Crippen LogP contribution in [0.1, 0.15) is 233 Å². The van der Waals surface area contributed by atoms with E-state index in [0.29, 0.717) is 6.17 Å². The summed E-state index contributed by atoms with van der Waals surface area (Å²) in [4.78, 5) is 2.87. The largest absolute Gasteiger partial charge is 1.00 e. The fourth-order valence-electron chi connectivity index (χ4n) is 7.43. The van der Waals surface area contributed by atoms with Crippen LogP contribution in [0.4, 0.5) is 0 Å². The van der Waals surface area contributed by atoms with Gasteiger partial charge < -0.3 is 16.9 Å². The van der Waals surface area contributed by atoms with E-state index >= 15 is 0 Å². The number of quaternary nitrogens is 1. The fourth-order valence-corrected chi connectivity index (χ4v) is 7.43. The smallest absolute Gasteiger partial charge is 0.144 e. The first-order chi connectivity index (χ1) is 21.5. The number of hydrogen-bond donors (Lipinski definition) is 0. The van der Waals surface area contributed by atoms with Crippen molar-refractivity contribution in [2.75, 3.05) is 34.2 Å². The molecule has 0 rings (SSSR count). The summed E-state index contributed by atoms with van der Waals surface area (Å²) in [5.74, 6) is 0. The van der Waals surface area contributed by atoms with Gasteiger partial charge in [0.25, 0.3) is 0 Å². The van der Waals surface area contributed by atoms with Crippen molar-refractivity contribution in [1.29, 1.82) is 0 Å². The Morgan fingerprint density at radius 1 is 0.333 bits per heavy atom. The quantitative estimate of drug-likeness (QED) is 0.0365. The highest BCUT2D eigenvalue weighted by Gasteiger charge is 2.28. The van der Waals surface area contributed by atoms with Crippen molar-refractivity contribution in [2.24, 2.45) is 0 Å². The van der Waals surface area contributed by atoms with Crippen LogP contribution in [-0.2, 0) is 0 Å². The maximum absolute atomic E-state index is 2.87. The molecule has 0 aliphatic carbocycles. The molecule has 0 aliphatic rings. The highest BCUT2D eigenvalue weighted by Crippen LogP contribution is 2.19. The Morgan fingerprint density at radius 2 is 0.533 bits per heavy atom. The van der Waals surface area contributed by atoms with E-state index in [1.165, 1.54) is 225 Å². The molecule has 1 unspecified atom stereocenters. The third-order valence-electron chi connectivity index (χ3n) is 10.3. The van der Waals surface area contributed by atoms with Crippen molar-refractivity contribution in [3.05, 3.63) is 0 Å². The van der Waals surface area contributed by atoms with Crippen molar-refractivity contribution >= 4 is 0 Å². The summed E-state index contributed by atoms with van der Waals surface area (Å²) in [6, 6.07) is 0. The average molecular weight is 658 g/mol. The molecular weight excluding hydrogens is 568 g/mol. The molecule has 0 spiro atoms. The molecule has 2 nitrogen and oxygen atoms in total. The molecule has 274 valence electrons. The Morgan fingerprint density at radius 3 is 0.711 bits per heavy atom. The highest BCUT2D eigenvalue weighted by atomic mass is 35.5. The minimum Gasteiger partial charge on any atom is -1.00 e. The summed E-state index contributed by atoms with van der Waals surface area (Å²) in [5.41, 5.74) is 0. The van der Waals surface area contributed by atoms with Gasteiger partial charge in [0, 0.05) is 19.5 Å². The van der Waals surface area contributed by atoms with Crippen molar-refractivity contribution in [2.45, 2.75) is 239 Å². The summed E-state index contributed by atoms with van der Waals surface area (Å²) < 4.78 is 1.08. The summed E-state index contributed by atoms with van der Waals surface area (Å²) in [6.45, 7) is 9.65. The monoisotopic (exact) mass is 657 g/mol. The third kappa shape index (κ3) is 33.9. The lowest BCUT2D eigenvalue weighted by molar-refractivity contribution is -0.908. The van der Waals surface area contributed by atoms with E-state index in [0.717, 1.165) is 4.48 Å². The zero-order valence-electron chi connectivity index (χ0n) is 32.6. The summed E-state index contributed by atoms with van der Waals surface area (Å²) >= 11 is 0. The minimum atomic E-state index is 0. The van der Waals surface area contributed by atoms with Gasteiger partial charge in [0.1, 0.15) is 6.17 Å². The van der Waals surface area contributed by atoms with E-state index in [1.54, 1.807) is 0 Å². The molecule has 0 aromatic carbocycles. The van der Waals surface area contributed by atoms with Gasteiger partial charge in [-0.3, -0.25) is 4.90 Å². The second-order valence-corrected chi connectivity index (χ2v) is 15.6. The van der Waals surface area contributed by atoms with Gasteiger partial charge in [-0.15, -0.1) is 0 Å². The molecule has 0 fully saturated rings. The summed E-state index contributed by atoms with van der Waals surface area (Å²) in [7, 11) is 7.22. The zero-order chi connectivity index (χ0) is 32.4. The first kappa shape index (κ1) is 47.3. The molecular formula is C42H89ClN2. The highest BCUT2D eigenvalue weighted by molar-refractivity contribution is 4.64. The van der Waals surface area contributed by atoms with Gasteiger partial charge in [0.05, 0.1) is 21.1 Å². The lowest BCUT2D eigenvalue weighted by Gasteiger charge is -2.41. The van der Waals surface area contributed by atoms with Crippen LogP contribution in [0.2, 0.25) is 0 Å². The number of unbranched alkanes of at least 4 members (excludes halogenated alkanes) is 30. The second-order valence-electron chi connectivity index (χ2n) is 15.6. The van der Waals surface area contributed by atoms with E-state index in [1.807, 2.05) is 0 Å². The normalized spacial score (nSPS) is 12.6. The first-order valence-electron chi connectivity index (χ1n) is 21.0. The molecule has 0 saturated heterocycles. The molecule has 0 heterocycles. The van der Waals surface area contributed by atoms with E-state index in [2.05, 4.69) is 46.8 Å². The van der Waals surface area contributed by atoms with Crippen LogP contribution in [-0.4, -0.2) is 49.8 Å². The van der Waals surface area contributed by atoms with Crippen molar-refractivity contribution in [3.63, 3.8) is 0 Å². The van der Waals surface area contributed by atoms with Gasteiger partial charge in [-0.2, -0.15) is 0 Å². The van der Waals surface area contributed by atoms with Crippen LogP contribution in [0.15, 0.2) is 0 Å². The second kappa shape index (κ2) is 37.0. The van der Waals surface area contributed by atoms with Gasteiger partial charge >= 0.3 is 0 Å². The Balaban J connectivity index is 0. The van der Waals surface area contributed by atoms with Gasteiger partial charge in [0.15, 0.2) is 0 Å². The van der Waals surface area contributed by atoms with Crippen LogP contribution in [0.25, 0.3) is 0 Å². The van der Waals surface area contributed by atoms with Crippen LogP contribution in [0.5, 0.6) is 0 Å².